The molecule has 3 rings (SSSR count). The Balaban J connectivity index is 1.76. The maximum atomic E-state index is 13.6. The number of hydrogen-bond donors (Lipinski definition) is 3. The fourth-order valence-electron chi connectivity index (χ4n) is 4.78. The highest BCUT2D eigenvalue weighted by molar-refractivity contribution is 9.10. The summed E-state index contributed by atoms with van der Waals surface area (Å²) >= 11 is 3.49. The Morgan fingerprint density at radius 2 is 1.95 bits per heavy atom. The fourth-order valence-corrected chi connectivity index (χ4v) is 5.14. The van der Waals surface area contributed by atoms with Crippen molar-refractivity contribution in [2.75, 3.05) is 20.3 Å². The molecule has 1 aromatic heterocycles. The molecule has 1 aliphatic heterocycles. The van der Waals surface area contributed by atoms with Gasteiger partial charge in [-0.3, -0.25) is 14.5 Å². The second kappa shape index (κ2) is 14.9. The molecule has 42 heavy (non-hydrogen) atoms. The van der Waals surface area contributed by atoms with Crippen molar-refractivity contribution in [3.05, 3.63) is 34.4 Å². The number of fused-ring (bicyclic) bond motifs is 1. The lowest BCUT2D eigenvalue weighted by atomic mass is 9.98. The van der Waals surface area contributed by atoms with E-state index in [-0.39, 0.29) is 31.1 Å². The van der Waals surface area contributed by atoms with Crippen LogP contribution in [0.5, 0.6) is 0 Å². The molecule has 0 radical (unpaired) electrons. The van der Waals surface area contributed by atoms with Crippen molar-refractivity contribution >= 4 is 50.7 Å². The summed E-state index contributed by atoms with van der Waals surface area (Å²) in [7, 11) is 1.28. The van der Waals surface area contributed by atoms with E-state index in [2.05, 4.69) is 31.5 Å². The molecular formula is C30H43BrN4O7. The van der Waals surface area contributed by atoms with Gasteiger partial charge in [0, 0.05) is 47.4 Å². The predicted octanol–water partition coefficient (Wildman–Crippen LogP) is 4.43. The second-order valence-electron chi connectivity index (χ2n) is 11.6. The summed E-state index contributed by atoms with van der Waals surface area (Å²) in [6.07, 6.45) is 2.44. The molecule has 232 valence electrons. The van der Waals surface area contributed by atoms with Crippen LogP contribution in [0.4, 0.5) is 4.79 Å². The Morgan fingerprint density at radius 1 is 1.21 bits per heavy atom. The van der Waals surface area contributed by atoms with Gasteiger partial charge in [0.1, 0.15) is 23.9 Å². The third-order valence-corrected chi connectivity index (χ3v) is 7.71. The number of nitrogens with one attached hydrogen (secondary N) is 3. The van der Waals surface area contributed by atoms with E-state index in [0.29, 0.717) is 26.0 Å². The summed E-state index contributed by atoms with van der Waals surface area (Å²) in [4.78, 5) is 56.7. The molecule has 0 bridgehead atoms. The van der Waals surface area contributed by atoms with Crippen LogP contribution in [0.1, 0.15) is 65.9 Å². The number of amides is 3. The highest BCUT2D eigenvalue weighted by Gasteiger charge is 2.33. The smallest absolute Gasteiger partial charge is 0.412 e. The summed E-state index contributed by atoms with van der Waals surface area (Å²) in [6.45, 7) is 10.1. The first-order valence-corrected chi connectivity index (χ1v) is 15.2. The van der Waals surface area contributed by atoms with Crippen LogP contribution >= 0.6 is 15.9 Å². The zero-order valence-corrected chi connectivity index (χ0v) is 26.8. The van der Waals surface area contributed by atoms with Crippen LogP contribution < -0.4 is 10.6 Å². The van der Waals surface area contributed by atoms with Crippen molar-refractivity contribution < 1.29 is 33.4 Å². The summed E-state index contributed by atoms with van der Waals surface area (Å²) in [5, 5.41) is 6.57. The average Bonchev–Trinajstić information content (AvgIpc) is 3.34. The summed E-state index contributed by atoms with van der Waals surface area (Å²) in [5.74, 6) is -1.60. The highest BCUT2D eigenvalue weighted by Crippen LogP contribution is 2.24. The number of rotatable bonds is 11. The molecular weight excluding hydrogens is 608 g/mol. The third-order valence-electron chi connectivity index (χ3n) is 7.22. The van der Waals surface area contributed by atoms with Gasteiger partial charge in [-0.15, -0.1) is 0 Å². The number of carbonyl (C=O) groups excluding carboxylic acids is 4. The van der Waals surface area contributed by atoms with E-state index in [1.807, 2.05) is 38.2 Å². The number of esters is 1. The Kier molecular flexibility index (Phi) is 11.8. The van der Waals surface area contributed by atoms with Crippen LogP contribution in [0.15, 0.2) is 28.9 Å². The Labute approximate surface area is 255 Å². The number of carbonyl (C=O) groups is 4. The monoisotopic (exact) mass is 650 g/mol. The second-order valence-corrected chi connectivity index (χ2v) is 12.5. The van der Waals surface area contributed by atoms with Crippen molar-refractivity contribution in [1.29, 1.82) is 0 Å². The van der Waals surface area contributed by atoms with Gasteiger partial charge < -0.3 is 29.8 Å². The van der Waals surface area contributed by atoms with Crippen LogP contribution in [0, 0.1) is 5.92 Å². The van der Waals surface area contributed by atoms with Crippen LogP contribution in [-0.4, -0.2) is 77.9 Å². The zero-order valence-electron chi connectivity index (χ0n) is 25.3. The molecule has 1 fully saturated rings. The van der Waals surface area contributed by atoms with Gasteiger partial charge in [0.15, 0.2) is 0 Å². The van der Waals surface area contributed by atoms with Crippen molar-refractivity contribution in [3.8, 4) is 0 Å². The van der Waals surface area contributed by atoms with Crippen LogP contribution in [0.25, 0.3) is 10.9 Å². The summed E-state index contributed by atoms with van der Waals surface area (Å²) in [5.41, 5.74) is 1.06. The lowest BCUT2D eigenvalue weighted by molar-refractivity contribution is -0.147. The molecule has 0 aliphatic carbocycles. The zero-order chi connectivity index (χ0) is 31.0. The van der Waals surface area contributed by atoms with E-state index in [4.69, 9.17) is 14.2 Å². The molecule has 4 atom stereocenters. The van der Waals surface area contributed by atoms with Gasteiger partial charge in [-0.25, -0.2) is 9.59 Å². The molecule has 1 aromatic carbocycles. The number of methoxy groups -OCH3 is 1. The highest BCUT2D eigenvalue weighted by atomic mass is 79.9. The van der Waals surface area contributed by atoms with Gasteiger partial charge in [-0.2, -0.15) is 0 Å². The van der Waals surface area contributed by atoms with Gasteiger partial charge in [-0.1, -0.05) is 36.2 Å². The predicted molar refractivity (Wildman–Crippen MR) is 162 cm³/mol. The van der Waals surface area contributed by atoms with E-state index in [1.54, 1.807) is 20.8 Å². The number of hydrogen-bond acceptors (Lipinski definition) is 7. The molecule has 3 amide bonds. The largest absolute Gasteiger partial charge is 0.467 e. The standard InChI is InChI=1S/C30H43BrN4O7/c1-7-18(2)26(28(38)40-6)34-27(37)23(15-19-17-32-22-10-9-20(31)16-21(19)22)33-24(36)11-12-25-35(13-8-14-41-25)29(39)42-30(3,4)5/h9-10,16-18,23,25-26,32H,7-8,11-15H2,1-6H3,(H,33,36)(H,34,37)/t18-,23?,25?,26-/m0/s1. The number of halogens is 1. The lowest BCUT2D eigenvalue weighted by Crippen LogP contribution is -2.54. The molecule has 0 saturated carbocycles. The number of aromatic amines is 1. The molecule has 1 saturated heterocycles. The van der Waals surface area contributed by atoms with E-state index in [9.17, 15) is 19.2 Å². The SMILES string of the molecule is CC[C@H](C)[C@H](NC(=O)C(Cc1c[nH]c2ccc(Br)cc12)NC(=O)CCC1OCCCN1C(=O)OC(C)(C)C)C(=O)OC. The number of nitrogens with zero attached hydrogens (tertiary/aromatic N) is 1. The van der Waals surface area contributed by atoms with Gasteiger partial charge in [0.05, 0.1) is 13.7 Å². The van der Waals surface area contributed by atoms with Crippen molar-refractivity contribution in [2.24, 2.45) is 5.92 Å². The molecule has 2 unspecified atom stereocenters. The number of H-pyrrole nitrogens is 1. The molecule has 1 aliphatic rings. The molecule has 11 nitrogen and oxygen atoms in total. The fraction of sp³-hybridized carbons (Fsp3) is 0.600. The Morgan fingerprint density at radius 3 is 2.62 bits per heavy atom. The van der Waals surface area contributed by atoms with E-state index in [0.717, 1.165) is 20.9 Å². The van der Waals surface area contributed by atoms with Gasteiger partial charge in [-0.05, 0) is 56.9 Å². The minimum absolute atomic E-state index is 0.0129. The van der Waals surface area contributed by atoms with Crippen LogP contribution in [0.2, 0.25) is 0 Å². The van der Waals surface area contributed by atoms with E-state index in [1.165, 1.54) is 12.0 Å². The van der Waals surface area contributed by atoms with Crippen LogP contribution in [-0.2, 0) is 35.0 Å². The van der Waals surface area contributed by atoms with Crippen molar-refractivity contribution in [3.63, 3.8) is 0 Å². The molecule has 3 N–H and O–H groups in total. The molecule has 12 heteroatoms. The van der Waals surface area contributed by atoms with E-state index < -0.39 is 41.9 Å². The minimum atomic E-state index is -0.971. The van der Waals surface area contributed by atoms with Gasteiger partial charge in [0.25, 0.3) is 0 Å². The van der Waals surface area contributed by atoms with Gasteiger partial charge >= 0.3 is 12.1 Å². The van der Waals surface area contributed by atoms with E-state index >= 15 is 0 Å². The Hall–Kier alpha value is -3.12. The average molecular weight is 652 g/mol. The molecule has 0 spiro atoms. The minimum Gasteiger partial charge on any atom is -0.467 e. The number of aromatic nitrogens is 1. The topological polar surface area (TPSA) is 139 Å². The first-order valence-electron chi connectivity index (χ1n) is 14.4. The summed E-state index contributed by atoms with van der Waals surface area (Å²) < 4.78 is 17.1. The quantitative estimate of drug-likeness (QED) is 0.306. The maximum absolute atomic E-state index is 13.6. The molecule has 2 aromatic rings. The van der Waals surface area contributed by atoms with Gasteiger partial charge in [0.2, 0.25) is 11.8 Å². The normalized spacial score (nSPS) is 17.7. The van der Waals surface area contributed by atoms with Crippen LogP contribution in [0.3, 0.4) is 0 Å². The lowest BCUT2D eigenvalue weighted by Gasteiger charge is -2.36. The number of ether oxygens (including phenoxy) is 3. The molecule has 2 heterocycles. The van der Waals surface area contributed by atoms with Crippen molar-refractivity contribution in [2.45, 2.75) is 90.6 Å². The maximum Gasteiger partial charge on any atom is 0.412 e. The third kappa shape index (κ3) is 9.19. The first kappa shape index (κ1) is 33.4. The first-order chi connectivity index (χ1) is 19.8. The Bertz CT molecular complexity index is 1260. The number of benzene rings is 1. The van der Waals surface area contributed by atoms with Crippen molar-refractivity contribution in [1.82, 2.24) is 20.5 Å². The summed E-state index contributed by atoms with van der Waals surface area (Å²) in [6, 6.07) is 3.95.